The van der Waals surface area contributed by atoms with E-state index in [1.807, 2.05) is 6.92 Å². The maximum Gasteiger partial charge on any atom is 0.270 e. The summed E-state index contributed by atoms with van der Waals surface area (Å²) in [6, 6.07) is 3.40. The van der Waals surface area contributed by atoms with E-state index in [4.69, 9.17) is 4.74 Å². The van der Waals surface area contributed by atoms with Crippen LogP contribution in [0.2, 0.25) is 0 Å². The van der Waals surface area contributed by atoms with Crippen molar-refractivity contribution >= 4 is 11.8 Å². The summed E-state index contributed by atoms with van der Waals surface area (Å²) in [5, 5.41) is 9.42. The number of thioether (sulfide) groups is 1. The highest BCUT2D eigenvalue weighted by molar-refractivity contribution is 7.98. The molecule has 1 aromatic heterocycles. The molecule has 0 aliphatic rings. The minimum atomic E-state index is -0.912. The molecule has 1 heterocycles. The van der Waals surface area contributed by atoms with Crippen LogP contribution in [-0.4, -0.2) is 22.8 Å². The lowest BCUT2D eigenvalue weighted by atomic mass is 10.1. The topological polar surface area (TPSA) is 78.8 Å². The average molecular weight is 337 g/mol. The highest BCUT2D eigenvalue weighted by atomic mass is 32.2. The molecule has 120 valence electrons. The van der Waals surface area contributed by atoms with Crippen molar-refractivity contribution in [1.82, 2.24) is 9.97 Å². The van der Waals surface area contributed by atoms with Gasteiger partial charge in [-0.15, -0.1) is 0 Å². The van der Waals surface area contributed by atoms with Gasteiger partial charge in [-0.05, 0) is 18.7 Å². The van der Waals surface area contributed by atoms with Crippen LogP contribution >= 0.6 is 11.8 Å². The first-order valence-electron chi connectivity index (χ1n) is 6.72. The van der Waals surface area contributed by atoms with Gasteiger partial charge in [0, 0.05) is 11.6 Å². The number of nitrogens with zero attached hydrogens (tertiary/aromatic N) is 2. The smallest absolute Gasteiger partial charge is 0.270 e. The van der Waals surface area contributed by atoms with Gasteiger partial charge in [0.05, 0.1) is 6.61 Å². The first kappa shape index (κ1) is 17.0. The summed E-state index contributed by atoms with van der Waals surface area (Å²) in [5.74, 6) is -1.99. The first-order valence-corrected chi connectivity index (χ1v) is 7.94. The molecule has 0 saturated heterocycles. The molecule has 0 unspecified atom stereocenters. The Labute approximate surface area is 135 Å². The van der Waals surface area contributed by atoms with E-state index in [2.05, 4.69) is 9.97 Å². The van der Waals surface area contributed by atoms with E-state index >= 15 is 0 Å². The summed E-state index contributed by atoms with van der Waals surface area (Å²) in [4.78, 5) is 18.5. The number of halogens is 2. The highest BCUT2D eigenvalue weighted by Gasteiger charge is 2.21. The third kappa shape index (κ3) is 3.51. The normalized spacial score (nSPS) is 10.4. The van der Waals surface area contributed by atoms with Gasteiger partial charge in [0.15, 0.2) is 16.7 Å². The maximum atomic E-state index is 14.1. The van der Waals surface area contributed by atoms with Crippen LogP contribution in [-0.2, 0) is 0 Å². The Bertz CT molecular complexity index is 831. The number of rotatable bonds is 5. The summed E-state index contributed by atoms with van der Waals surface area (Å²) >= 11 is 1.14. The summed E-state index contributed by atoms with van der Waals surface area (Å²) < 4.78 is 33.0. The number of ether oxygens (including phenoxy) is 1. The van der Waals surface area contributed by atoms with Crippen molar-refractivity contribution in [2.45, 2.75) is 18.5 Å². The molecule has 0 amide bonds. The van der Waals surface area contributed by atoms with E-state index in [1.165, 1.54) is 0 Å². The summed E-state index contributed by atoms with van der Waals surface area (Å²) in [6.07, 6.45) is 2.29. The highest BCUT2D eigenvalue weighted by Crippen LogP contribution is 2.34. The molecular formula is C15H13F2N3O2S. The van der Waals surface area contributed by atoms with Gasteiger partial charge in [-0.2, -0.15) is 5.26 Å². The molecule has 5 nitrogen and oxygen atoms in total. The summed E-state index contributed by atoms with van der Waals surface area (Å²) in [5.41, 5.74) is -1.17. The Morgan fingerprint density at radius 2 is 2.17 bits per heavy atom. The summed E-state index contributed by atoms with van der Waals surface area (Å²) in [7, 11) is 0. The van der Waals surface area contributed by atoms with Crippen LogP contribution in [0.3, 0.4) is 0 Å². The number of hydrogen-bond acceptors (Lipinski definition) is 5. The molecule has 0 fully saturated rings. The second-order valence-corrected chi connectivity index (χ2v) is 5.32. The number of H-pyrrole nitrogens is 1. The molecule has 0 radical (unpaired) electrons. The number of aromatic nitrogens is 2. The van der Waals surface area contributed by atoms with Crippen molar-refractivity contribution < 1.29 is 13.5 Å². The number of hydrogen-bond donors (Lipinski definition) is 1. The fourth-order valence-corrected chi connectivity index (χ4v) is 2.31. The van der Waals surface area contributed by atoms with Crippen LogP contribution in [0.25, 0.3) is 11.3 Å². The second-order valence-electron chi connectivity index (χ2n) is 4.52. The molecule has 2 rings (SSSR count). The zero-order valence-electron chi connectivity index (χ0n) is 12.4. The van der Waals surface area contributed by atoms with Gasteiger partial charge < -0.3 is 9.72 Å². The number of benzene rings is 1. The van der Waals surface area contributed by atoms with Crippen LogP contribution < -0.4 is 10.3 Å². The first-order chi connectivity index (χ1) is 11.0. The van der Waals surface area contributed by atoms with E-state index in [1.54, 1.807) is 12.3 Å². The fourth-order valence-electron chi connectivity index (χ4n) is 1.93. The van der Waals surface area contributed by atoms with Crippen molar-refractivity contribution in [2.75, 3.05) is 12.9 Å². The Balaban J connectivity index is 2.78. The molecule has 0 bridgehead atoms. The molecule has 2 aromatic rings. The minimum Gasteiger partial charge on any atom is -0.490 e. The largest absolute Gasteiger partial charge is 0.490 e. The van der Waals surface area contributed by atoms with Crippen LogP contribution in [0.5, 0.6) is 5.75 Å². The third-order valence-electron chi connectivity index (χ3n) is 2.92. The Hall–Kier alpha value is -2.40. The van der Waals surface area contributed by atoms with Crippen LogP contribution in [0.15, 0.2) is 22.1 Å². The van der Waals surface area contributed by atoms with E-state index in [0.29, 0.717) is 12.5 Å². The van der Waals surface area contributed by atoms with Gasteiger partial charge in [-0.3, -0.25) is 4.79 Å². The minimum absolute atomic E-state index is 0.0612. The average Bonchev–Trinajstić information content (AvgIpc) is 2.52. The van der Waals surface area contributed by atoms with Crippen molar-refractivity contribution in [3.05, 3.63) is 39.7 Å². The van der Waals surface area contributed by atoms with E-state index in [-0.39, 0.29) is 34.3 Å². The Morgan fingerprint density at radius 3 is 2.78 bits per heavy atom. The number of aromatic amines is 1. The van der Waals surface area contributed by atoms with Gasteiger partial charge in [-0.25, -0.2) is 13.8 Å². The van der Waals surface area contributed by atoms with Crippen LogP contribution in [0.1, 0.15) is 18.9 Å². The second kappa shape index (κ2) is 7.24. The van der Waals surface area contributed by atoms with Gasteiger partial charge in [0.25, 0.3) is 5.56 Å². The fraction of sp³-hybridized carbons (Fsp3) is 0.267. The predicted molar refractivity (Wildman–Crippen MR) is 82.5 cm³/mol. The molecule has 8 heteroatoms. The van der Waals surface area contributed by atoms with Gasteiger partial charge in [0.1, 0.15) is 23.1 Å². The van der Waals surface area contributed by atoms with Gasteiger partial charge >= 0.3 is 0 Å². The Morgan fingerprint density at radius 1 is 1.43 bits per heavy atom. The van der Waals surface area contributed by atoms with E-state index in [9.17, 15) is 18.8 Å². The molecule has 0 aliphatic heterocycles. The lowest BCUT2D eigenvalue weighted by Crippen LogP contribution is -2.15. The number of nitrogens with one attached hydrogen (secondary N) is 1. The van der Waals surface area contributed by atoms with Crippen molar-refractivity contribution in [3.63, 3.8) is 0 Å². The van der Waals surface area contributed by atoms with Crippen molar-refractivity contribution in [2.24, 2.45) is 0 Å². The SMILES string of the molecule is CCCOc1c(F)cc(F)cc1-c1nc(SC)[nH]c(=O)c1C#N. The quantitative estimate of drug-likeness (QED) is 0.670. The molecule has 0 atom stereocenters. The number of nitriles is 1. The maximum absolute atomic E-state index is 14.1. The standard InChI is InChI=1S/C15H13F2N3O2S/c1-3-4-22-13-9(5-8(16)6-11(13)17)12-10(7-18)14(21)20-15(19-12)23-2/h5-6H,3-4H2,1-2H3,(H,19,20,21). The lowest BCUT2D eigenvalue weighted by molar-refractivity contribution is 0.301. The molecule has 1 aromatic carbocycles. The Kier molecular flexibility index (Phi) is 5.34. The molecular weight excluding hydrogens is 324 g/mol. The predicted octanol–water partition coefficient (Wildman–Crippen LogP) is 3.10. The van der Waals surface area contributed by atoms with Crippen molar-refractivity contribution in [1.29, 1.82) is 5.26 Å². The van der Waals surface area contributed by atoms with Crippen molar-refractivity contribution in [3.8, 4) is 23.1 Å². The van der Waals surface area contributed by atoms with Crippen LogP contribution in [0, 0.1) is 23.0 Å². The zero-order chi connectivity index (χ0) is 17.0. The van der Waals surface area contributed by atoms with E-state index < -0.39 is 17.2 Å². The molecule has 1 N–H and O–H groups in total. The van der Waals surface area contributed by atoms with Gasteiger partial charge in [0.2, 0.25) is 0 Å². The molecule has 0 aliphatic carbocycles. The zero-order valence-corrected chi connectivity index (χ0v) is 13.3. The monoisotopic (exact) mass is 337 g/mol. The van der Waals surface area contributed by atoms with E-state index in [0.717, 1.165) is 17.8 Å². The lowest BCUT2D eigenvalue weighted by Gasteiger charge is -2.13. The van der Waals surface area contributed by atoms with Crippen LogP contribution in [0.4, 0.5) is 8.78 Å². The molecule has 23 heavy (non-hydrogen) atoms. The summed E-state index contributed by atoms with van der Waals surface area (Å²) in [6.45, 7) is 2.04. The molecule has 0 spiro atoms. The van der Waals surface area contributed by atoms with Gasteiger partial charge in [-0.1, -0.05) is 18.7 Å². The molecule has 0 saturated carbocycles. The third-order valence-corrected chi connectivity index (χ3v) is 3.50.